The van der Waals surface area contributed by atoms with Crippen LogP contribution < -0.4 is 15.4 Å². The third kappa shape index (κ3) is 6.56. The molecule has 0 heterocycles. The van der Waals surface area contributed by atoms with Gasteiger partial charge in [0, 0.05) is 24.0 Å². The van der Waals surface area contributed by atoms with Crippen molar-refractivity contribution in [1.29, 1.82) is 0 Å². The molecule has 172 valence electrons. The van der Waals surface area contributed by atoms with Crippen LogP contribution in [0.25, 0.3) is 0 Å². The maximum absolute atomic E-state index is 12.9. The van der Waals surface area contributed by atoms with Crippen LogP contribution in [0.4, 0.5) is 24.5 Å². The Morgan fingerprint density at radius 1 is 0.818 bits per heavy atom. The lowest BCUT2D eigenvalue weighted by Gasteiger charge is -2.12. The number of amides is 2. The summed E-state index contributed by atoms with van der Waals surface area (Å²) >= 11 is 0. The molecule has 0 saturated heterocycles. The van der Waals surface area contributed by atoms with Crippen LogP contribution in [0.3, 0.4) is 0 Å². The number of benzene rings is 3. The van der Waals surface area contributed by atoms with Crippen LogP contribution in [0.5, 0.6) is 5.75 Å². The summed E-state index contributed by atoms with van der Waals surface area (Å²) < 4.78 is 49.2. The molecule has 6 nitrogen and oxygen atoms in total. The van der Waals surface area contributed by atoms with Gasteiger partial charge in [-0.05, 0) is 48.5 Å². The zero-order valence-corrected chi connectivity index (χ0v) is 17.6. The van der Waals surface area contributed by atoms with Crippen LogP contribution in [0.1, 0.15) is 26.3 Å². The Balaban J connectivity index is 1.71. The Kier molecular flexibility index (Phi) is 7.68. The lowest BCUT2D eigenvalue weighted by atomic mass is 10.1. The Bertz CT molecular complexity index is 1130. The van der Waals surface area contributed by atoms with Crippen molar-refractivity contribution in [3.8, 4) is 5.75 Å². The number of hydrogen-bond donors (Lipinski definition) is 2. The number of anilines is 2. The molecular weight excluding hydrogens is 437 g/mol. The maximum atomic E-state index is 12.9. The molecular formula is C24H21F3N2O4. The van der Waals surface area contributed by atoms with Crippen molar-refractivity contribution < 1.29 is 32.2 Å². The van der Waals surface area contributed by atoms with E-state index >= 15 is 0 Å². The van der Waals surface area contributed by atoms with Gasteiger partial charge < -0.3 is 20.1 Å². The van der Waals surface area contributed by atoms with E-state index in [-0.39, 0.29) is 17.9 Å². The SMILES string of the molecule is COCCOc1ccccc1C(=O)Nc1cccc(C(=O)Nc2cccc(C(F)(F)F)c2)c1. The predicted molar refractivity (Wildman–Crippen MR) is 118 cm³/mol. The highest BCUT2D eigenvalue weighted by Gasteiger charge is 2.30. The van der Waals surface area contributed by atoms with Crippen LogP contribution in [-0.4, -0.2) is 32.1 Å². The molecule has 0 bridgehead atoms. The standard InChI is InChI=1S/C24H21F3N2O4/c1-32-12-13-33-21-11-3-2-10-20(21)23(31)29-18-8-4-6-16(14-18)22(30)28-19-9-5-7-17(15-19)24(25,26)27/h2-11,14-15H,12-13H2,1H3,(H,28,30)(H,29,31). The van der Waals surface area contributed by atoms with Crippen molar-refractivity contribution in [3.63, 3.8) is 0 Å². The molecule has 33 heavy (non-hydrogen) atoms. The van der Waals surface area contributed by atoms with Gasteiger partial charge in [-0.1, -0.05) is 24.3 Å². The summed E-state index contributed by atoms with van der Waals surface area (Å²) in [5.74, 6) is -0.683. The molecule has 3 rings (SSSR count). The lowest BCUT2D eigenvalue weighted by molar-refractivity contribution is -0.137. The van der Waals surface area contributed by atoms with Gasteiger partial charge in [0.05, 0.1) is 17.7 Å². The number of carbonyl (C=O) groups is 2. The Hall–Kier alpha value is -3.85. The third-order valence-corrected chi connectivity index (χ3v) is 4.51. The molecule has 0 spiro atoms. The van der Waals surface area contributed by atoms with Gasteiger partial charge in [-0.25, -0.2) is 0 Å². The molecule has 0 aromatic heterocycles. The second-order valence-electron chi connectivity index (χ2n) is 6.91. The van der Waals surface area contributed by atoms with Crippen molar-refractivity contribution in [2.24, 2.45) is 0 Å². The highest BCUT2D eigenvalue weighted by Crippen LogP contribution is 2.30. The summed E-state index contributed by atoms with van der Waals surface area (Å²) in [6.45, 7) is 0.630. The second kappa shape index (κ2) is 10.6. The minimum Gasteiger partial charge on any atom is -0.490 e. The Morgan fingerprint density at radius 2 is 1.48 bits per heavy atom. The quantitative estimate of drug-likeness (QED) is 0.453. The number of methoxy groups -OCH3 is 1. The van der Waals surface area contributed by atoms with Gasteiger partial charge in [-0.2, -0.15) is 13.2 Å². The summed E-state index contributed by atoms with van der Waals surface area (Å²) in [5, 5.41) is 5.14. The number of hydrogen-bond acceptors (Lipinski definition) is 4. The minimum atomic E-state index is -4.52. The molecule has 0 radical (unpaired) electrons. The molecule has 3 aromatic carbocycles. The summed E-state index contributed by atoms with van der Waals surface area (Å²) in [4.78, 5) is 25.3. The number of alkyl halides is 3. The van der Waals surface area contributed by atoms with Crippen LogP contribution in [0.2, 0.25) is 0 Å². The molecule has 2 N–H and O–H groups in total. The fourth-order valence-electron chi connectivity index (χ4n) is 2.93. The first-order chi connectivity index (χ1) is 15.8. The van der Waals surface area contributed by atoms with Gasteiger partial charge in [0.1, 0.15) is 12.4 Å². The molecule has 0 aliphatic heterocycles. The minimum absolute atomic E-state index is 0.00592. The second-order valence-corrected chi connectivity index (χ2v) is 6.91. The summed E-state index contributed by atoms with van der Waals surface area (Å²) in [6, 6.07) is 17.1. The largest absolute Gasteiger partial charge is 0.490 e. The topological polar surface area (TPSA) is 76.7 Å². The number of nitrogens with one attached hydrogen (secondary N) is 2. The first kappa shape index (κ1) is 23.8. The maximum Gasteiger partial charge on any atom is 0.416 e. The molecule has 0 aliphatic rings. The molecule has 0 fully saturated rings. The molecule has 0 atom stereocenters. The number of ether oxygens (including phenoxy) is 2. The first-order valence-electron chi connectivity index (χ1n) is 9.89. The van der Waals surface area contributed by atoms with E-state index in [9.17, 15) is 22.8 Å². The van der Waals surface area contributed by atoms with Crippen LogP contribution in [0, 0.1) is 0 Å². The van der Waals surface area contributed by atoms with Crippen LogP contribution >= 0.6 is 0 Å². The van der Waals surface area contributed by atoms with Crippen molar-refractivity contribution in [2.75, 3.05) is 31.0 Å². The molecule has 0 unspecified atom stereocenters. The average Bonchev–Trinajstić information content (AvgIpc) is 2.79. The van der Waals surface area contributed by atoms with Gasteiger partial charge >= 0.3 is 6.18 Å². The monoisotopic (exact) mass is 458 g/mol. The summed E-state index contributed by atoms with van der Waals surface area (Å²) in [7, 11) is 1.54. The lowest BCUT2D eigenvalue weighted by Crippen LogP contribution is -2.16. The van der Waals surface area contributed by atoms with E-state index < -0.39 is 23.6 Å². The fraction of sp³-hybridized carbons (Fsp3) is 0.167. The van der Waals surface area contributed by atoms with Gasteiger partial charge in [-0.15, -0.1) is 0 Å². The predicted octanol–water partition coefficient (Wildman–Crippen LogP) is 5.24. The van der Waals surface area contributed by atoms with Crippen molar-refractivity contribution in [1.82, 2.24) is 0 Å². The Morgan fingerprint density at radius 3 is 2.21 bits per heavy atom. The summed E-state index contributed by atoms with van der Waals surface area (Å²) in [5.41, 5.74) is -0.0650. The molecule has 0 aliphatic carbocycles. The van der Waals surface area contributed by atoms with Crippen molar-refractivity contribution in [2.45, 2.75) is 6.18 Å². The number of halogens is 3. The highest BCUT2D eigenvalue weighted by molar-refractivity contribution is 6.08. The molecule has 2 amide bonds. The third-order valence-electron chi connectivity index (χ3n) is 4.51. The molecule has 0 saturated carbocycles. The zero-order chi connectivity index (χ0) is 23.8. The van der Waals surface area contributed by atoms with Gasteiger partial charge in [-0.3, -0.25) is 9.59 Å². The normalized spacial score (nSPS) is 11.0. The van der Waals surface area contributed by atoms with E-state index in [1.165, 1.54) is 31.4 Å². The van der Waals surface area contributed by atoms with Crippen molar-refractivity contribution in [3.05, 3.63) is 89.5 Å². The zero-order valence-electron chi connectivity index (χ0n) is 17.6. The van der Waals surface area contributed by atoms with E-state index in [0.29, 0.717) is 23.6 Å². The summed E-state index contributed by atoms with van der Waals surface area (Å²) in [6.07, 6.45) is -4.52. The first-order valence-corrected chi connectivity index (χ1v) is 9.89. The number of para-hydroxylation sites is 1. The highest BCUT2D eigenvalue weighted by atomic mass is 19.4. The number of carbonyl (C=O) groups excluding carboxylic acids is 2. The molecule has 9 heteroatoms. The van der Waals surface area contributed by atoms with Crippen LogP contribution in [0.15, 0.2) is 72.8 Å². The van der Waals surface area contributed by atoms with E-state index in [4.69, 9.17) is 9.47 Å². The Labute approximate surface area is 188 Å². The van der Waals surface area contributed by atoms with E-state index in [1.807, 2.05) is 0 Å². The van der Waals surface area contributed by atoms with Crippen LogP contribution in [-0.2, 0) is 10.9 Å². The van der Waals surface area contributed by atoms with Crippen molar-refractivity contribution >= 4 is 23.2 Å². The molecule has 3 aromatic rings. The van der Waals surface area contributed by atoms with Gasteiger partial charge in [0.15, 0.2) is 0 Å². The number of rotatable bonds is 8. The van der Waals surface area contributed by atoms with Gasteiger partial charge in [0.2, 0.25) is 0 Å². The average molecular weight is 458 g/mol. The van der Waals surface area contributed by atoms with E-state index in [0.717, 1.165) is 12.1 Å². The smallest absolute Gasteiger partial charge is 0.416 e. The van der Waals surface area contributed by atoms with E-state index in [1.54, 1.807) is 36.4 Å². The fourth-order valence-corrected chi connectivity index (χ4v) is 2.93. The van der Waals surface area contributed by atoms with Gasteiger partial charge in [0.25, 0.3) is 11.8 Å². The van der Waals surface area contributed by atoms with E-state index in [2.05, 4.69) is 10.6 Å².